The van der Waals surface area contributed by atoms with E-state index in [1.54, 1.807) is 0 Å². The number of urea groups is 1. The van der Waals surface area contributed by atoms with Crippen LogP contribution in [0, 0.1) is 12.8 Å². The fourth-order valence-electron chi connectivity index (χ4n) is 1.87. The Bertz CT molecular complexity index is 438. The standard InChI is InChI=1S/C16H26N2O/c1-10(2)13(6)17-16(19)18-15-12(5)8-7-9-14(15)11(3)4/h7-11,13H,1-6H3,(H2,17,18,19)/t13-/m1/s1. The van der Waals surface area contributed by atoms with E-state index in [4.69, 9.17) is 0 Å². The minimum absolute atomic E-state index is 0.127. The van der Waals surface area contributed by atoms with Crippen molar-refractivity contribution in [2.75, 3.05) is 5.32 Å². The summed E-state index contributed by atoms with van der Waals surface area (Å²) in [5, 5.41) is 5.97. The molecule has 0 unspecified atom stereocenters. The van der Waals surface area contributed by atoms with Gasteiger partial charge in [0.25, 0.3) is 0 Å². The fraction of sp³-hybridized carbons (Fsp3) is 0.562. The zero-order valence-electron chi connectivity index (χ0n) is 12.9. The number of amides is 2. The van der Waals surface area contributed by atoms with Gasteiger partial charge in [-0.3, -0.25) is 0 Å². The van der Waals surface area contributed by atoms with E-state index in [1.165, 1.54) is 5.56 Å². The molecular weight excluding hydrogens is 236 g/mol. The van der Waals surface area contributed by atoms with Crippen LogP contribution >= 0.6 is 0 Å². The molecule has 0 aromatic heterocycles. The Kier molecular flexibility index (Phi) is 5.40. The zero-order valence-corrected chi connectivity index (χ0v) is 12.9. The number of hydrogen-bond donors (Lipinski definition) is 2. The molecule has 3 nitrogen and oxygen atoms in total. The molecule has 0 saturated carbocycles. The van der Waals surface area contributed by atoms with Crippen molar-refractivity contribution in [1.82, 2.24) is 5.32 Å². The summed E-state index contributed by atoms with van der Waals surface area (Å²) in [4.78, 5) is 12.0. The number of benzene rings is 1. The minimum atomic E-state index is -0.127. The lowest BCUT2D eigenvalue weighted by Crippen LogP contribution is -2.39. The quantitative estimate of drug-likeness (QED) is 0.835. The minimum Gasteiger partial charge on any atom is -0.335 e. The molecule has 1 aromatic rings. The maximum Gasteiger partial charge on any atom is 0.319 e. The highest BCUT2D eigenvalue weighted by molar-refractivity contribution is 5.91. The highest BCUT2D eigenvalue weighted by atomic mass is 16.2. The molecule has 0 saturated heterocycles. The van der Waals surface area contributed by atoms with Gasteiger partial charge in [0.05, 0.1) is 0 Å². The van der Waals surface area contributed by atoms with Crippen LogP contribution in [0.1, 0.15) is 51.7 Å². The first-order valence-electron chi connectivity index (χ1n) is 7.00. The van der Waals surface area contributed by atoms with Crippen LogP contribution in [-0.2, 0) is 0 Å². The van der Waals surface area contributed by atoms with Crippen LogP contribution in [-0.4, -0.2) is 12.1 Å². The van der Waals surface area contributed by atoms with Gasteiger partial charge in [0.2, 0.25) is 0 Å². The van der Waals surface area contributed by atoms with Crippen molar-refractivity contribution in [3.63, 3.8) is 0 Å². The van der Waals surface area contributed by atoms with Crippen molar-refractivity contribution < 1.29 is 4.79 Å². The zero-order chi connectivity index (χ0) is 14.6. The Hall–Kier alpha value is -1.51. The van der Waals surface area contributed by atoms with E-state index in [-0.39, 0.29) is 12.1 Å². The molecule has 1 aromatic carbocycles. The lowest BCUT2D eigenvalue weighted by Gasteiger charge is -2.20. The first-order valence-corrected chi connectivity index (χ1v) is 7.00. The Morgan fingerprint density at radius 1 is 1.11 bits per heavy atom. The highest BCUT2D eigenvalue weighted by Gasteiger charge is 2.14. The molecule has 19 heavy (non-hydrogen) atoms. The molecule has 3 heteroatoms. The van der Waals surface area contributed by atoms with E-state index in [1.807, 2.05) is 26.0 Å². The van der Waals surface area contributed by atoms with Crippen LogP contribution < -0.4 is 10.6 Å². The third-order valence-corrected chi connectivity index (χ3v) is 3.52. The number of rotatable bonds is 4. The van der Waals surface area contributed by atoms with Gasteiger partial charge in [0.15, 0.2) is 0 Å². The van der Waals surface area contributed by atoms with Gasteiger partial charge in [-0.05, 0) is 36.8 Å². The summed E-state index contributed by atoms with van der Waals surface area (Å²) in [6.45, 7) is 12.5. The summed E-state index contributed by atoms with van der Waals surface area (Å²) in [5.41, 5.74) is 3.21. The van der Waals surface area contributed by atoms with Gasteiger partial charge in [-0.15, -0.1) is 0 Å². The Labute approximate surface area is 116 Å². The molecule has 106 valence electrons. The molecule has 1 atom stereocenters. The van der Waals surface area contributed by atoms with Crippen molar-refractivity contribution >= 4 is 11.7 Å². The predicted molar refractivity (Wildman–Crippen MR) is 81.7 cm³/mol. The monoisotopic (exact) mass is 262 g/mol. The van der Waals surface area contributed by atoms with E-state index in [0.717, 1.165) is 11.3 Å². The highest BCUT2D eigenvalue weighted by Crippen LogP contribution is 2.27. The van der Waals surface area contributed by atoms with E-state index in [9.17, 15) is 4.79 Å². The molecule has 0 heterocycles. The number of hydrogen-bond acceptors (Lipinski definition) is 1. The van der Waals surface area contributed by atoms with Crippen LogP contribution in [0.25, 0.3) is 0 Å². The lowest BCUT2D eigenvalue weighted by molar-refractivity contribution is 0.246. The van der Waals surface area contributed by atoms with Gasteiger partial charge in [0, 0.05) is 11.7 Å². The smallest absolute Gasteiger partial charge is 0.319 e. The summed E-state index contributed by atoms with van der Waals surface area (Å²) in [6.07, 6.45) is 0. The van der Waals surface area contributed by atoms with Crippen LogP contribution in [0.15, 0.2) is 18.2 Å². The average Bonchev–Trinajstić information content (AvgIpc) is 2.31. The first kappa shape index (κ1) is 15.5. The van der Waals surface area contributed by atoms with E-state index in [2.05, 4.69) is 44.4 Å². The van der Waals surface area contributed by atoms with Crippen molar-refractivity contribution in [1.29, 1.82) is 0 Å². The summed E-state index contributed by atoms with van der Waals surface area (Å²) in [5.74, 6) is 0.810. The SMILES string of the molecule is Cc1cccc(C(C)C)c1NC(=O)N[C@H](C)C(C)C. The number of carbonyl (C=O) groups excluding carboxylic acids is 1. The molecule has 0 aliphatic carbocycles. The molecule has 1 rings (SSSR count). The van der Waals surface area contributed by atoms with Gasteiger partial charge in [0.1, 0.15) is 0 Å². The van der Waals surface area contributed by atoms with E-state index >= 15 is 0 Å². The number of anilines is 1. The number of nitrogens with one attached hydrogen (secondary N) is 2. The molecule has 2 amide bonds. The second kappa shape index (κ2) is 6.60. The molecule has 0 spiro atoms. The van der Waals surface area contributed by atoms with Gasteiger partial charge < -0.3 is 10.6 Å². The van der Waals surface area contributed by atoms with E-state index in [0.29, 0.717) is 11.8 Å². The number of carbonyl (C=O) groups is 1. The summed E-state index contributed by atoms with van der Waals surface area (Å²) in [6, 6.07) is 6.15. The van der Waals surface area contributed by atoms with Gasteiger partial charge >= 0.3 is 6.03 Å². The van der Waals surface area contributed by atoms with Crippen LogP contribution in [0.2, 0.25) is 0 Å². The average molecular weight is 262 g/mol. The van der Waals surface area contributed by atoms with Crippen LogP contribution in [0.3, 0.4) is 0 Å². The molecule has 0 radical (unpaired) electrons. The summed E-state index contributed by atoms with van der Waals surface area (Å²) < 4.78 is 0. The maximum atomic E-state index is 12.0. The first-order chi connectivity index (χ1) is 8.82. The fourth-order valence-corrected chi connectivity index (χ4v) is 1.87. The predicted octanol–water partition coefficient (Wildman–Crippen LogP) is 4.28. The van der Waals surface area contributed by atoms with Crippen molar-refractivity contribution in [2.45, 2.75) is 53.5 Å². The third-order valence-electron chi connectivity index (χ3n) is 3.52. The largest absolute Gasteiger partial charge is 0.335 e. The molecule has 2 N–H and O–H groups in total. The molecule has 0 aliphatic heterocycles. The Morgan fingerprint density at radius 2 is 1.74 bits per heavy atom. The summed E-state index contributed by atoms with van der Waals surface area (Å²) in [7, 11) is 0. The van der Waals surface area contributed by atoms with E-state index < -0.39 is 0 Å². The van der Waals surface area contributed by atoms with Crippen molar-refractivity contribution in [2.24, 2.45) is 5.92 Å². The lowest BCUT2D eigenvalue weighted by atomic mass is 9.98. The van der Waals surface area contributed by atoms with Gasteiger partial charge in [-0.2, -0.15) is 0 Å². The van der Waals surface area contributed by atoms with Crippen LogP contribution in [0.4, 0.5) is 10.5 Å². The number of aryl methyl sites for hydroxylation is 1. The Morgan fingerprint density at radius 3 is 2.26 bits per heavy atom. The maximum absolute atomic E-state index is 12.0. The van der Waals surface area contributed by atoms with Crippen LogP contribution in [0.5, 0.6) is 0 Å². The van der Waals surface area contributed by atoms with Crippen molar-refractivity contribution in [3.05, 3.63) is 29.3 Å². The van der Waals surface area contributed by atoms with Crippen molar-refractivity contribution in [3.8, 4) is 0 Å². The topological polar surface area (TPSA) is 41.1 Å². The van der Waals surface area contributed by atoms with Gasteiger partial charge in [-0.1, -0.05) is 45.9 Å². The molecule has 0 aliphatic rings. The molecule has 0 bridgehead atoms. The molecular formula is C16H26N2O. The second-order valence-corrected chi connectivity index (χ2v) is 5.82. The summed E-state index contributed by atoms with van der Waals surface area (Å²) >= 11 is 0. The normalized spacial score (nSPS) is 12.6. The van der Waals surface area contributed by atoms with Gasteiger partial charge in [-0.25, -0.2) is 4.79 Å². The third kappa shape index (κ3) is 4.27. The Balaban J connectivity index is 2.85. The number of para-hydroxylation sites is 1. The molecule has 0 fully saturated rings. The second-order valence-electron chi connectivity index (χ2n) is 5.82.